The zero-order valence-corrected chi connectivity index (χ0v) is 10.3. The minimum absolute atomic E-state index is 0.775. The van der Waals surface area contributed by atoms with E-state index in [1.54, 1.807) is 6.21 Å². The topological polar surface area (TPSA) is 41.0 Å². The monoisotopic (exact) mass is 207 g/mol. The lowest BCUT2D eigenvalue weighted by molar-refractivity contribution is 0.987. The van der Waals surface area contributed by atoms with Crippen LogP contribution in [0.1, 0.15) is 46.1 Å². The smallest absolute Gasteiger partial charge is 0.177 e. The predicted molar refractivity (Wildman–Crippen MR) is 67.8 cm³/mol. The number of H-pyrrole nitrogens is 1. The summed E-state index contributed by atoms with van der Waals surface area (Å²) in [7, 11) is 0. The summed E-state index contributed by atoms with van der Waals surface area (Å²) >= 11 is 0. The normalized spacial score (nSPS) is 10.7. The van der Waals surface area contributed by atoms with Gasteiger partial charge >= 0.3 is 0 Å². The Morgan fingerprint density at radius 1 is 1.33 bits per heavy atom. The molecule has 3 heteroatoms. The molecule has 0 amide bonds. The van der Waals surface area contributed by atoms with Gasteiger partial charge in [0.25, 0.3) is 0 Å². The van der Waals surface area contributed by atoms with Crippen LogP contribution in [0.15, 0.2) is 11.1 Å². The van der Waals surface area contributed by atoms with Crippen molar-refractivity contribution in [1.82, 2.24) is 9.97 Å². The first-order chi connectivity index (χ1) is 7.31. The molecular formula is C12H21N3. The van der Waals surface area contributed by atoms with E-state index >= 15 is 0 Å². The van der Waals surface area contributed by atoms with E-state index in [4.69, 9.17) is 0 Å². The third-order valence-corrected chi connectivity index (χ3v) is 1.68. The molecule has 0 fully saturated rings. The van der Waals surface area contributed by atoms with Crippen molar-refractivity contribution in [3.8, 4) is 0 Å². The summed E-state index contributed by atoms with van der Waals surface area (Å²) in [5, 5.41) is 0. The van der Waals surface area contributed by atoms with Crippen LogP contribution in [0.25, 0.3) is 6.08 Å². The number of hydrogen-bond acceptors (Lipinski definition) is 2. The highest BCUT2D eigenvalue weighted by Gasteiger charge is 2.03. The average molecular weight is 207 g/mol. The SMILES string of the molecule is C/C=C\c1[nH]c(CC)nc1/N=C\C.CC. The van der Waals surface area contributed by atoms with E-state index in [2.05, 4.69) is 21.9 Å². The van der Waals surface area contributed by atoms with Gasteiger partial charge in [0, 0.05) is 12.6 Å². The fourth-order valence-corrected chi connectivity index (χ4v) is 1.10. The summed E-state index contributed by atoms with van der Waals surface area (Å²) in [5.74, 6) is 1.76. The second-order valence-corrected chi connectivity index (χ2v) is 2.66. The lowest BCUT2D eigenvalue weighted by atomic mass is 10.4. The molecule has 0 radical (unpaired) electrons. The minimum atomic E-state index is 0.775. The predicted octanol–water partition coefficient (Wildman–Crippen LogP) is 3.75. The molecule has 1 heterocycles. The first-order valence-corrected chi connectivity index (χ1v) is 5.52. The van der Waals surface area contributed by atoms with Crippen molar-refractivity contribution in [3.05, 3.63) is 17.6 Å². The van der Waals surface area contributed by atoms with Crippen LogP contribution in [0.3, 0.4) is 0 Å². The molecule has 0 saturated carbocycles. The van der Waals surface area contributed by atoms with Crippen molar-refractivity contribution >= 4 is 18.1 Å². The molecule has 84 valence electrons. The van der Waals surface area contributed by atoms with Gasteiger partial charge in [-0.2, -0.15) is 0 Å². The molecule has 0 aliphatic rings. The molecule has 3 nitrogen and oxygen atoms in total. The van der Waals surface area contributed by atoms with Gasteiger partial charge in [-0.3, -0.25) is 0 Å². The highest BCUT2D eigenvalue weighted by Crippen LogP contribution is 2.17. The maximum Gasteiger partial charge on any atom is 0.177 e. The van der Waals surface area contributed by atoms with Gasteiger partial charge in [0.15, 0.2) is 5.82 Å². The summed E-state index contributed by atoms with van der Waals surface area (Å²) in [6, 6.07) is 0. The zero-order chi connectivity index (χ0) is 11.7. The van der Waals surface area contributed by atoms with Crippen molar-refractivity contribution < 1.29 is 0 Å². The second-order valence-electron chi connectivity index (χ2n) is 2.66. The summed E-state index contributed by atoms with van der Waals surface area (Å²) in [6.07, 6.45) is 6.61. The zero-order valence-electron chi connectivity index (χ0n) is 10.3. The summed E-state index contributed by atoms with van der Waals surface area (Å²) in [4.78, 5) is 11.7. The number of aryl methyl sites for hydroxylation is 1. The van der Waals surface area contributed by atoms with Crippen molar-refractivity contribution in [2.24, 2.45) is 4.99 Å². The van der Waals surface area contributed by atoms with E-state index in [9.17, 15) is 0 Å². The highest BCUT2D eigenvalue weighted by atomic mass is 15.0. The molecule has 0 spiro atoms. The molecule has 0 aliphatic heterocycles. The lowest BCUT2D eigenvalue weighted by Gasteiger charge is -1.86. The first kappa shape index (κ1) is 13.6. The third kappa shape index (κ3) is 4.11. The van der Waals surface area contributed by atoms with Crippen molar-refractivity contribution in [3.63, 3.8) is 0 Å². The Morgan fingerprint density at radius 2 is 2.00 bits per heavy atom. The Kier molecular flexibility index (Phi) is 7.24. The van der Waals surface area contributed by atoms with E-state index in [0.717, 1.165) is 23.8 Å². The third-order valence-electron chi connectivity index (χ3n) is 1.68. The lowest BCUT2D eigenvalue weighted by Crippen LogP contribution is -1.80. The number of allylic oxidation sites excluding steroid dienone is 1. The van der Waals surface area contributed by atoms with Gasteiger partial charge in [-0.05, 0) is 19.9 Å². The molecule has 15 heavy (non-hydrogen) atoms. The van der Waals surface area contributed by atoms with Crippen LogP contribution in [0.5, 0.6) is 0 Å². The number of aliphatic imine (C=N–C) groups is 1. The number of rotatable bonds is 3. The molecule has 0 bridgehead atoms. The van der Waals surface area contributed by atoms with Gasteiger partial charge in [0.1, 0.15) is 5.82 Å². The Bertz CT molecular complexity index is 292. The van der Waals surface area contributed by atoms with Crippen LogP contribution in [0.4, 0.5) is 5.82 Å². The number of hydrogen-bond donors (Lipinski definition) is 1. The van der Waals surface area contributed by atoms with Gasteiger partial charge in [-0.1, -0.05) is 26.8 Å². The number of aromatic amines is 1. The Hall–Kier alpha value is -1.38. The van der Waals surface area contributed by atoms with E-state index in [1.165, 1.54) is 0 Å². The van der Waals surface area contributed by atoms with Gasteiger partial charge in [0.05, 0.1) is 5.69 Å². The summed E-state index contributed by atoms with van der Waals surface area (Å²) < 4.78 is 0. The molecule has 1 aromatic heterocycles. The second kappa shape index (κ2) is 7.97. The van der Waals surface area contributed by atoms with E-state index < -0.39 is 0 Å². The maximum absolute atomic E-state index is 4.33. The summed E-state index contributed by atoms with van der Waals surface area (Å²) in [5.41, 5.74) is 0.984. The molecule has 1 aromatic rings. The molecule has 0 saturated heterocycles. The average Bonchev–Trinajstić information content (AvgIpc) is 2.65. The van der Waals surface area contributed by atoms with Crippen molar-refractivity contribution in [2.75, 3.05) is 0 Å². The molecule has 0 aliphatic carbocycles. The Labute approximate surface area is 92.4 Å². The molecule has 1 rings (SSSR count). The quantitative estimate of drug-likeness (QED) is 0.753. The van der Waals surface area contributed by atoms with Crippen LogP contribution in [0.2, 0.25) is 0 Å². The summed E-state index contributed by atoms with van der Waals surface area (Å²) in [6.45, 7) is 9.93. The number of imidazole rings is 1. The Morgan fingerprint density at radius 3 is 2.47 bits per heavy atom. The number of nitrogens with one attached hydrogen (secondary N) is 1. The van der Waals surface area contributed by atoms with E-state index in [1.807, 2.05) is 39.8 Å². The van der Waals surface area contributed by atoms with Crippen LogP contribution >= 0.6 is 0 Å². The standard InChI is InChI=1S/C10H15N3.C2H6/c1-4-7-8-10(11-6-3)13-9(5-2)12-8;1-2/h4,6-7H,5H2,1-3H3,(H,12,13);1-2H3/b7-4-,11-6-;. The highest BCUT2D eigenvalue weighted by molar-refractivity contribution is 5.65. The van der Waals surface area contributed by atoms with Crippen molar-refractivity contribution in [2.45, 2.75) is 41.0 Å². The van der Waals surface area contributed by atoms with Gasteiger partial charge in [-0.15, -0.1) is 0 Å². The maximum atomic E-state index is 4.33. The molecule has 1 N–H and O–H groups in total. The fourth-order valence-electron chi connectivity index (χ4n) is 1.10. The number of aromatic nitrogens is 2. The van der Waals surface area contributed by atoms with Crippen LogP contribution in [-0.4, -0.2) is 16.2 Å². The molecule has 0 aromatic carbocycles. The molecular weight excluding hydrogens is 186 g/mol. The molecule has 0 atom stereocenters. The number of nitrogens with zero attached hydrogens (tertiary/aromatic N) is 2. The van der Waals surface area contributed by atoms with Gasteiger partial charge < -0.3 is 4.98 Å². The van der Waals surface area contributed by atoms with E-state index in [0.29, 0.717) is 0 Å². The van der Waals surface area contributed by atoms with Crippen LogP contribution < -0.4 is 0 Å². The van der Waals surface area contributed by atoms with Crippen LogP contribution in [0, 0.1) is 0 Å². The fraction of sp³-hybridized carbons (Fsp3) is 0.500. The first-order valence-electron chi connectivity index (χ1n) is 5.52. The van der Waals surface area contributed by atoms with E-state index in [-0.39, 0.29) is 0 Å². The minimum Gasteiger partial charge on any atom is -0.341 e. The van der Waals surface area contributed by atoms with Gasteiger partial charge in [0.2, 0.25) is 0 Å². The van der Waals surface area contributed by atoms with Crippen LogP contribution in [-0.2, 0) is 6.42 Å². The Balaban J connectivity index is 0.000000921. The largest absolute Gasteiger partial charge is 0.341 e. The molecule has 0 unspecified atom stereocenters. The van der Waals surface area contributed by atoms with Crippen molar-refractivity contribution in [1.29, 1.82) is 0 Å². The van der Waals surface area contributed by atoms with Gasteiger partial charge in [-0.25, -0.2) is 9.98 Å².